The van der Waals surface area contributed by atoms with E-state index in [0.29, 0.717) is 66.3 Å². The van der Waals surface area contributed by atoms with E-state index in [0.717, 1.165) is 0 Å². The van der Waals surface area contributed by atoms with E-state index in [4.69, 9.17) is 18.9 Å². The predicted octanol–water partition coefficient (Wildman–Crippen LogP) is 4.27. The standard InChI is InChI=1S/C24H30N2O6/c1-6-26-18-11-10-17(14-19(18)32-15(5)24(26)28)25-23(27)16-12-20(29-7-2)22(31-9-4)21(13-16)30-8-3/h10-15H,6-9H2,1-5H3,(H,25,27). The zero-order valence-corrected chi connectivity index (χ0v) is 19.2. The maximum Gasteiger partial charge on any atom is 0.267 e. The van der Waals surface area contributed by atoms with Crippen LogP contribution in [0.3, 0.4) is 0 Å². The van der Waals surface area contributed by atoms with Crippen molar-refractivity contribution in [2.45, 2.75) is 40.7 Å². The molecule has 0 radical (unpaired) electrons. The summed E-state index contributed by atoms with van der Waals surface area (Å²) in [6, 6.07) is 8.52. The number of anilines is 2. The topological polar surface area (TPSA) is 86.3 Å². The highest BCUT2D eigenvalue weighted by Crippen LogP contribution is 2.40. The van der Waals surface area contributed by atoms with Crippen LogP contribution in [0.1, 0.15) is 45.0 Å². The van der Waals surface area contributed by atoms with Crippen LogP contribution in [0.25, 0.3) is 0 Å². The number of carbonyl (C=O) groups is 2. The summed E-state index contributed by atoms with van der Waals surface area (Å²) in [6.07, 6.45) is -0.581. The Morgan fingerprint density at radius 2 is 1.62 bits per heavy atom. The Balaban J connectivity index is 1.90. The van der Waals surface area contributed by atoms with Crippen molar-refractivity contribution >= 4 is 23.2 Å². The molecule has 0 fully saturated rings. The second-order valence-electron chi connectivity index (χ2n) is 7.08. The van der Waals surface area contributed by atoms with Crippen molar-refractivity contribution in [2.75, 3.05) is 36.6 Å². The first-order valence-electron chi connectivity index (χ1n) is 10.9. The molecule has 0 aromatic heterocycles. The number of likely N-dealkylation sites (N-methyl/N-ethyl adjacent to an activating group) is 1. The van der Waals surface area contributed by atoms with Gasteiger partial charge in [-0.3, -0.25) is 9.59 Å². The van der Waals surface area contributed by atoms with E-state index < -0.39 is 6.10 Å². The first-order chi connectivity index (χ1) is 15.4. The van der Waals surface area contributed by atoms with Crippen LogP contribution < -0.4 is 29.2 Å². The normalized spacial score (nSPS) is 15.0. The fourth-order valence-corrected chi connectivity index (χ4v) is 3.54. The molecule has 0 saturated heterocycles. The minimum Gasteiger partial charge on any atom is -0.490 e. The minimum atomic E-state index is -0.581. The van der Waals surface area contributed by atoms with Crippen LogP contribution in [-0.2, 0) is 4.79 Å². The average molecular weight is 443 g/mol. The van der Waals surface area contributed by atoms with E-state index in [2.05, 4.69) is 5.32 Å². The van der Waals surface area contributed by atoms with Gasteiger partial charge in [0.05, 0.1) is 25.5 Å². The molecule has 1 aliphatic rings. The summed E-state index contributed by atoms with van der Waals surface area (Å²) in [4.78, 5) is 27.0. The molecule has 3 rings (SSSR count). The summed E-state index contributed by atoms with van der Waals surface area (Å²) in [6.45, 7) is 11.0. The molecule has 1 N–H and O–H groups in total. The van der Waals surface area contributed by atoms with Crippen molar-refractivity contribution in [3.05, 3.63) is 35.9 Å². The van der Waals surface area contributed by atoms with Gasteiger partial charge in [-0.25, -0.2) is 0 Å². The van der Waals surface area contributed by atoms with Crippen LogP contribution >= 0.6 is 0 Å². The van der Waals surface area contributed by atoms with E-state index in [1.807, 2.05) is 27.7 Å². The number of carbonyl (C=O) groups excluding carboxylic acids is 2. The molecular formula is C24H30N2O6. The van der Waals surface area contributed by atoms with E-state index >= 15 is 0 Å². The summed E-state index contributed by atoms with van der Waals surface area (Å²) in [5.41, 5.74) is 1.61. The Labute approximate surface area is 188 Å². The van der Waals surface area contributed by atoms with Gasteiger partial charge in [-0.15, -0.1) is 0 Å². The van der Waals surface area contributed by atoms with Gasteiger partial charge in [0, 0.05) is 23.9 Å². The highest BCUT2D eigenvalue weighted by Gasteiger charge is 2.30. The number of fused-ring (bicyclic) bond motifs is 1. The molecule has 2 amide bonds. The number of nitrogens with zero attached hydrogens (tertiary/aromatic N) is 1. The molecule has 2 aromatic carbocycles. The maximum absolute atomic E-state index is 13.0. The fourth-order valence-electron chi connectivity index (χ4n) is 3.54. The van der Waals surface area contributed by atoms with Gasteiger partial charge in [0.15, 0.2) is 17.6 Å². The molecule has 8 nitrogen and oxygen atoms in total. The van der Waals surface area contributed by atoms with Gasteiger partial charge < -0.3 is 29.2 Å². The van der Waals surface area contributed by atoms with Gasteiger partial charge in [0.2, 0.25) is 5.75 Å². The van der Waals surface area contributed by atoms with Gasteiger partial charge in [0.25, 0.3) is 11.8 Å². The maximum atomic E-state index is 13.0. The Morgan fingerprint density at radius 1 is 1.00 bits per heavy atom. The number of nitrogens with one attached hydrogen (secondary N) is 1. The second-order valence-corrected chi connectivity index (χ2v) is 7.08. The van der Waals surface area contributed by atoms with Crippen LogP contribution in [0.4, 0.5) is 11.4 Å². The lowest BCUT2D eigenvalue weighted by Crippen LogP contribution is -2.44. The Hall–Kier alpha value is -3.42. The third-order valence-electron chi connectivity index (χ3n) is 4.91. The number of hydrogen-bond acceptors (Lipinski definition) is 6. The number of hydrogen-bond donors (Lipinski definition) is 1. The van der Waals surface area contributed by atoms with Crippen molar-refractivity contribution in [2.24, 2.45) is 0 Å². The lowest BCUT2D eigenvalue weighted by Gasteiger charge is -2.32. The van der Waals surface area contributed by atoms with E-state index in [9.17, 15) is 9.59 Å². The molecule has 8 heteroatoms. The number of amides is 2. The quantitative estimate of drug-likeness (QED) is 0.624. The molecule has 1 unspecified atom stereocenters. The molecule has 0 bridgehead atoms. The summed E-state index contributed by atoms with van der Waals surface area (Å²) in [7, 11) is 0. The van der Waals surface area contributed by atoms with Crippen molar-refractivity contribution in [3.63, 3.8) is 0 Å². The Bertz CT molecular complexity index is 963. The first-order valence-corrected chi connectivity index (χ1v) is 10.9. The lowest BCUT2D eigenvalue weighted by atomic mass is 10.1. The smallest absolute Gasteiger partial charge is 0.267 e. The predicted molar refractivity (Wildman–Crippen MR) is 122 cm³/mol. The highest BCUT2D eigenvalue weighted by atomic mass is 16.5. The van der Waals surface area contributed by atoms with Gasteiger partial charge in [-0.2, -0.15) is 0 Å². The lowest BCUT2D eigenvalue weighted by molar-refractivity contribution is -0.125. The SMILES string of the molecule is CCOc1cc(C(=O)Nc2ccc3c(c2)OC(C)C(=O)N3CC)cc(OCC)c1OCC. The average Bonchev–Trinajstić information content (AvgIpc) is 2.77. The zero-order chi connectivity index (χ0) is 23.3. The zero-order valence-electron chi connectivity index (χ0n) is 19.2. The number of ether oxygens (including phenoxy) is 4. The van der Waals surface area contributed by atoms with E-state index in [1.54, 1.807) is 42.2 Å². The minimum absolute atomic E-state index is 0.0851. The van der Waals surface area contributed by atoms with Crippen LogP contribution in [0.15, 0.2) is 30.3 Å². The summed E-state index contributed by atoms with van der Waals surface area (Å²) < 4.78 is 22.8. The van der Waals surface area contributed by atoms with Crippen molar-refractivity contribution in [3.8, 4) is 23.0 Å². The van der Waals surface area contributed by atoms with Crippen LogP contribution in [0.2, 0.25) is 0 Å². The van der Waals surface area contributed by atoms with Crippen molar-refractivity contribution < 1.29 is 28.5 Å². The van der Waals surface area contributed by atoms with Crippen molar-refractivity contribution in [1.82, 2.24) is 0 Å². The largest absolute Gasteiger partial charge is 0.490 e. The Morgan fingerprint density at radius 3 is 2.19 bits per heavy atom. The van der Waals surface area contributed by atoms with E-state index in [1.165, 1.54) is 0 Å². The summed E-state index contributed by atoms with van der Waals surface area (Å²) in [5, 5.41) is 2.88. The number of rotatable bonds is 9. The molecule has 172 valence electrons. The van der Waals surface area contributed by atoms with Gasteiger partial charge in [0.1, 0.15) is 5.75 Å². The molecule has 0 spiro atoms. The molecular weight excluding hydrogens is 412 g/mol. The molecule has 1 aliphatic heterocycles. The molecule has 1 heterocycles. The first kappa shape index (κ1) is 23.2. The van der Waals surface area contributed by atoms with Crippen molar-refractivity contribution in [1.29, 1.82) is 0 Å². The highest BCUT2D eigenvalue weighted by molar-refractivity contribution is 6.06. The monoisotopic (exact) mass is 442 g/mol. The molecule has 1 atom stereocenters. The summed E-state index contributed by atoms with van der Waals surface area (Å²) >= 11 is 0. The molecule has 0 aliphatic carbocycles. The molecule has 0 saturated carbocycles. The van der Waals surface area contributed by atoms with E-state index in [-0.39, 0.29) is 11.8 Å². The van der Waals surface area contributed by atoms with Crippen LogP contribution in [-0.4, -0.2) is 44.3 Å². The van der Waals surface area contributed by atoms with Crippen LogP contribution in [0, 0.1) is 0 Å². The third-order valence-corrected chi connectivity index (χ3v) is 4.91. The Kier molecular flexibility index (Phi) is 7.45. The van der Waals surface area contributed by atoms with Gasteiger partial charge >= 0.3 is 0 Å². The molecule has 32 heavy (non-hydrogen) atoms. The molecule has 2 aromatic rings. The van der Waals surface area contributed by atoms with Gasteiger partial charge in [-0.1, -0.05) is 0 Å². The third kappa shape index (κ3) is 4.74. The fraction of sp³-hybridized carbons (Fsp3) is 0.417. The number of benzene rings is 2. The van der Waals surface area contributed by atoms with Gasteiger partial charge in [-0.05, 0) is 58.9 Å². The second kappa shape index (κ2) is 10.3. The van der Waals surface area contributed by atoms with Crippen LogP contribution in [0.5, 0.6) is 23.0 Å². The summed E-state index contributed by atoms with van der Waals surface area (Å²) in [5.74, 6) is 1.51.